The zero-order valence-electron chi connectivity index (χ0n) is 21.4. The molecule has 3 aromatic carbocycles. The first-order chi connectivity index (χ1) is 18.5. The van der Waals surface area contributed by atoms with Crippen LogP contribution < -0.4 is 31.9 Å². The van der Waals surface area contributed by atoms with E-state index in [4.69, 9.17) is 36.3 Å². The lowest BCUT2D eigenvalue weighted by molar-refractivity contribution is -0.134. The van der Waals surface area contributed by atoms with Crippen molar-refractivity contribution < 1.29 is 23.8 Å². The molecule has 0 fully saturated rings. The number of nitrogens with one attached hydrogen (secondary N) is 3. The van der Waals surface area contributed by atoms with Crippen LogP contribution in [0.15, 0.2) is 65.5 Å². The number of rotatable bonds is 8. The lowest BCUT2D eigenvalue weighted by Gasteiger charge is -2.21. The molecule has 1 atom stereocenters. The molecule has 0 amide bonds. The molecule has 4 rings (SSSR count). The van der Waals surface area contributed by atoms with Gasteiger partial charge in [-0.2, -0.15) is 4.68 Å². The van der Waals surface area contributed by atoms with E-state index < -0.39 is 23.5 Å². The number of amidine groups is 1. The largest absolute Gasteiger partial charge is 0.497 e. The van der Waals surface area contributed by atoms with Gasteiger partial charge in [0, 0.05) is 29.8 Å². The molecule has 0 aliphatic carbocycles. The Balaban J connectivity index is 0.000000983. The second-order valence-electron chi connectivity index (χ2n) is 8.11. The number of aromatic nitrogens is 3. The minimum atomic E-state index is -0.957. The van der Waals surface area contributed by atoms with E-state index in [0.29, 0.717) is 28.4 Å². The number of ether oxygens (including phenoxy) is 2. The van der Waals surface area contributed by atoms with Crippen molar-refractivity contribution >= 4 is 23.2 Å². The third-order valence-electron chi connectivity index (χ3n) is 5.39. The first-order valence-electron chi connectivity index (χ1n) is 11.4. The molecule has 13 heteroatoms. The number of carboxylic acids is 1. The zero-order valence-corrected chi connectivity index (χ0v) is 21.4. The van der Waals surface area contributed by atoms with Crippen LogP contribution in [-0.4, -0.2) is 45.9 Å². The third kappa shape index (κ3) is 6.71. The SMILES string of the molecule is CC(=O)O.COc1cc(OC)c(F)c([C@H](Nc2ccc(C(=N)N)cc2)c2nn(-c3ccccc3N)c(=O)[nH]2)c1. The minimum Gasteiger partial charge on any atom is -0.497 e. The van der Waals surface area contributed by atoms with Crippen molar-refractivity contribution in [2.45, 2.75) is 13.0 Å². The summed E-state index contributed by atoms with van der Waals surface area (Å²) in [6.07, 6.45) is 0. The Hall–Kier alpha value is -5.33. The van der Waals surface area contributed by atoms with Gasteiger partial charge in [0.1, 0.15) is 17.6 Å². The number of para-hydroxylation sites is 2. The van der Waals surface area contributed by atoms with E-state index in [-0.39, 0.29) is 23.0 Å². The number of H-pyrrole nitrogens is 1. The maximum Gasteiger partial charge on any atom is 0.348 e. The van der Waals surface area contributed by atoms with E-state index in [1.54, 1.807) is 48.5 Å². The quantitative estimate of drug-likeness (QED) is 0.111. The van der Waals surface area contributed by atoms with Crippen molar-refractivity contribution in [3.8, 4) is 17.2 Å². The molecular weight excluding hydrogens is 509 g/mol. The summed E-state index contributed by atoms with van der Waals surface area (Å²) in [5.41, 5.74) is 13.0. The highest BCUT2D eigenvalue weighted by Gasteiger charge is 2.26. The molecular formula is C26H28FN7O5. The first kappa shape index (κ1) is 28.2. The van der Waals surface area contributed by atoms with Gasteiger partial charge >= 0.3 is 5.69 Å². The first-order valence-corrected chi connectivity index (χ1v) is 11.4. The smallest absolute Gasteiger partial charge is 0.348 e. The molecule has 1 heterocycles. The molecule has 204 valence electrons. The predicted molar refractivity (Wildman–Crippen MR) is 144 cm³/mol. The van der Waals surface area contributed by atoms with Gasteiger partial charge in [0.25, 0.3) is 5.97 Å². The van der Waals surface area contributed by atoms with Crippen LogP contribution in [-0.2, 0) is 4.79 Å². The molecule has 0 bridgehead atoms. The Labute approximate surface area is 222 Å². The van der Waals surface area contributed by atoms with Gasteiger partial charge in [0.2, 0.25) is 0 Å². The third-order valence-corrected chi connectivity index (χ3v) is 5.39. The number of anilines is 2. The monoisotopic (exact) mass is 537 g/mol. The zero-order chi connectivity index (χ0) is 28.7. The number of hydrogen-bond donors (Lipinski definition) is 6. The van der Waals surface area contributed by atoms with Crippen molar-refractivity contribution in [3.63, 3.8) is 0 Å². The average Bonchev–Trinajstić information content (AvgIpc) is 3.28. The molecule has 4 aromatic rings. The summed E-state index contributed by atoms with van der Waals surface area (Å²) >= 11 is 0. The maximum absolute atomic E-state index is 15.5. The van der Waals surface area contributed by atoms with Crippen LogP contribution in [0.3, 0.4) is 0 Å². The van der Waals surface area contributed by atoms with E-state index in [0.717, 1.165) is 11.6 Å². The number of nitrogens with zero attached hydrogens (tertiary/aromatic N) is 2. The molecule has 0 radical (unpaired) electrons. The van der Waals surface area contributed by atoms with Crippen molar-refractivity contribution in [2.75, 3.05) is 25.3 Å². The van der Waals surface area contributed by atoms with E-state index >= 15 is 4.39 Å². The summed E-state index contributed by atoms with van der Waals surface area (Å²) in [6, 6.07) is 15.4. The highest BCUT2D eigenvalue weighted by Crippen LogP contribution is 2.34. The maximum atomic E-state index is 15.5. The molecule has 12 nitrogen and oxygen atoms in total. The predicted octanol–water partition coefficient (Wildman–Crippen LogP) is 2.88. The van der Waals surface area contributed by atoms with Crippen LogP contribution in [0.1, 0.15) is 29.9 Å². The normalized spacial score (nSPS) is 11.1. The molecule has 8 N–H and O–H groups in total. The number of carbonyl (C=O) groups is 1. The summed E-state index contributed by atoms with van der Waals surface area (Å²) in [7, 11) is 2.80. The lowest BCUT2D eigenvalue weighted by atomic mass is 10.0. The molecule has 0 aliphatic heterocycles. The Morgan fingerprint density at radius 3 is 2.36 bits per heavy atom. The Morgan fingerprint density at radius 2 is 1.79 bits per heavy atom. The second-order valence-corrected chi connectivity index (χ2v) is 8.11. The van der Waals surface area contributed by atoms with Crippen molar-refractivity contribution in [3.05, 3.63) is 93.9 Å². The van der Waals surface area contributed by atoms with Crippen LogP contribution in [0.25, 0.3) is 5.69 Å². The van der Waals surface area contributed by atoms with Crippen LogP contribution in [0.2, 0.25) is 0 Å². The molecule has 39 heavy (non-hydrogen) atoms. The summed E-state index contributed by atoms with van der Waals surface area (Å²) in [6.45, 7) is 1.08. The number of nitrogen functional groups attached to an aromatic ring is 2. The van der Waals surface area contributed by atoms with Crippen LogP contribution >= 0.6 is 0 Å². The molecule has 0 aliphatic rings. The number of aromatic amines is 1. The highest BCUT2D eigenvalue weighted by molar-refractivity contribution is 5.95. The number of hydrogen-bond acceptors (Lipinski definition) is 8. The minimum absolute atomic E-state index is 0.0350. The summed E-state index contributed by atoms with van der Waals surface area (Å²) in [5, 5.41) is 22.6. The molecule has 0 saturated carbocycles. The van der Waals surface area contributed by atoms with E-state index in [9.17, 15) is 4.79 Å². The Kier molecular flexibility index (Phi) is 8.89. The van der Waals surface area contributed by atoms with Crippen molar-refractivity contribution in [2.24, 2.45) is 5.73 Å². The Bertz CT molecular complexity index is 1530. The lowest BCUT2D eigenvalue weighted by Crippen LogP contribution is -2.17. The van der Waals surface area contributed by atoms with Gasteiger partial charge < -0.3 is 31.4 Å². The van der Waals surface area contributed by atoms with Gasteiger partial charge in [-0.15, -0.1) is 5.10 Å². The summed E-state index contributed by atoms with van der Waals surface area (Å²) < 4.78 is 27.1. The van der Waals surface area contributed by atoms with Gasteiger partial charge in [-0.05, 0) is 42.5 Å². The average molecular weight is 538 g/mol. The standard InChI is InChI=1S/C24H24FN7O3.C2H4O2/c1-34-15-11-16(20(25)19(12-15)35-2)21(29-14-9-7-13(8-10-14)22(27)28)23-30-24(33)32(31-23)18-6-4-3-5-17(18)26;1-2(3)4/h3-12,21,29H,26H2,1-2H3,(H3,27,28)(H,30,31,33);1H3,(H,3,4)/t21-;/m0./s1. The summed E-state index contributed by atoms with van der Waals surface area (Å²) in [4.78, 5) is 24.5. The number of methoxy groups -OCH3 is 2. The topological polar surface area (TPSA) is 194 Å². The van der Waals surface area contributed by atoms with Crippen LogP contribution in [0.4, 0.5) is 15.8 Å². The molecule has 0 saturated heterocycles. The molecule has 0 spiro atoms. The van der Waals surface area contributed by atoms with Crippen LogP contribution in [0, 0.1) is 11.2 Å². The van der Waals surface area contributed by atoms with E-state index in [1.165, 1.54) is 26.4 Å². The fourth-order valence-electron chi connectivity index (χ4n) is 3.59. The fourth-order valence-corrected chi connectivity index (χ4v) is 3.59. The number of aliphatic carboxylic acids is 1. The molecule has 1 aromatic heterocycles. The van der Waals surface area contributed by atoms with Gasteiger partial charge in [-0.1, -0.05) is 12.1 Å². The van der Waals surface area contributed by atoms with E-state index in [2.05, 4.69) is 15.4 Å². The van der Waals surface area contributed by atoms with Crippen molar-refractivity contribution in [1.82, 2.24) is 14.8 Å². The van der Waals surface area contributed by atoms with Gasteiger partial charge in [-0.25, -0.2) is 9.18 Å². The van der Waals surface area contributed by atoms with E-state index in [1.807, 2.05) is 0 Å². The highest BCUT2D eigenvalue weighted by atomic mass is 19.1. The fraction of sp³-hybridized carbons (Fsp3) is 0.154. The van der Waals surface area contributed by atoms with Crippen LogP contribution in [0.5, 0.6) is 11.5 Å². The Morgan fingerprint density at radius 1 is 1.15 bits per heavy atom. The van der Waals surface area contributed by atoms with Gasteiger partial charge in [0.15, 0.2) is 17.4 Å². The molecule has 0 unspecified atom stereocenters. The number of halogens is 1. The summed E-state index contributed by atoms with van der Waals surface area (Å²) in [5.74, 6) is -1.12. The van der Waals surface area contributed by atoms with Gasteiger partial charge in [0.05, 0.1) is 25.6 Å². The second kappa shape index (κ2) is 12.3. The number of nitrogens with two attached hydrogens (primary N) is 2. The number of benzene rings is 3. The van der Waals surface area contributed by atoms with Crippen molar-refractivity contribution in [1.29, 1.82) is 5.41 Å². The van der Waals surface area contributed by atoms with Gasteiger partial charge in [-0.3, -0.25) is 15.2 Å². The number of carboxylic acid groups (broad SMARTS) is 1.